The minimum Gasteiger partial charge on any atom is -0.237 e. The van der Waals surface area contributed by atoms with Crippen molar-refractivity contribution in [1.29, 1.82) is 0 Å². The van der Waals surface area contributed by atoms with E-state index in [2.05, 4.69) is 44.1 Å². The molecule has 0 atom stereocenters. The van der Waals surface area contributed by atoms with Crippen LogP contribution in [0.2, 0.25) is 0 Å². The molecule has 0 fully saturated rings. The standard InChI is InChI=1S/C16H11BrN2/c17-15-13(12-6-2-1-3-7-12)8-4-9-14(15)16-18-10-5-11-19-16/h1-11H. The molecule has 1 aromatic heterocycles. The fourth-order valence-corrected chi connectivity index (χ4v) is 2.65. The van der Waals surface area contributed by atoms with E-state index < -0.39 is 0 Å². The van der Waals surface area contributed by atoms with E-state index in [9.17, 15) is 0 Å². The molecule has 0 N–H and O–H groups in total. The molecule has 0 bridgehead atoms. The third-order valence-corrected chi connectivity index (χ3v) is 3.74. The number of hydrogen-bond acceptors (Lipinski definition) is 2. The number of halogens is 1. The molecule has 0 radical (unpaired) electrons. The van der Waals surface area contributed by atoms with Gasteiger partial charge in [0.05, 0.1) is 0 Å². The Balaban J connectivity index is 2.15. The van der Waals surface area contributed by atoms with Gasteiger partial charge in [-0.25, -0.2) is 9.97 Å². The maximum absolute atomic E-state index is 4.30. The molecule has 3 heteroatoms. The highest BCUT2D eigenvalue weighted by Gasteiger charge is 2.10. The van der Waals surface area contributed by atoms with Crippen LogP contribution in [0.4, 0.5) is 0 Å². The smallest absolute Gasteiger partial charge is 0.160 e. The molecule has 1 heterocycles. The van der Waals surface area contributed by atoms with Crippen LogP contribution in [0.3, 0.4) is 0 Å². The monoisotopic (exact) mass is 310 g/mol. The molecule has 0 saturated heterocycles. The lowest BCUT2D eigenvalue weighted by Gasteiger charge is -2.09. The topological polar surface area (TPSA) is 25.8 Å². The van der Waals surface area contributed by atoms with Gasteiger partial charge >= 0.3 is 0 Å². The molecular formula is C16H11BrN2. The lowest BCUT2D eigenvalue weighted by molar-refractivity contribution is 1.17. The third-order valence-electron chi connectivity index (χ3n) is 2.89. The molecule has 0 aliphatic heterocycles. The maximum atomic E-state index is 4.30. The first-order valence-corrected chi connectivity index (χ1v) is 6.77. The van der Waals surface area contributed by atoms with Gasteiger partial charge < -0.3 is 0 Å². The predicted octanol–water partition coefficient (Wildman–Crippen LogP) is 4.57. The first-order valence-electron chi connectivity index (χ1n) is 5.97. The molecule has 0 aliphatic rings. The summed E-state index contributed by atoms with van der Waals surface area (Å²) in [5.74, 6) is 0.729. The third kappa shape index (κ3) is 2.42. The molecule has 0 aliphatic carbocycles. The Morgan fingerprint density at radius 3 is 2.11 bits per heavy atom. The van der Waals surface area contributed by atoms with E-state index in [0.717, 1.165) is 21.4 Å². The van der Waals surface area contributed by atoms with Crippen LogP contribution in [-0.4, -0.2) is 9.97 Å². The van der Waals surface area contributed by atoms with E-state index in [-0.39, 0.29) is 0 Å². The Kier molecular flexibility index (Phi) is 3.38. The van der Waals surface area contributed by atoms with Crippen LogP contribution < -0.4 is 0 Å². The molecule has 3 aromatic rings. The molecule has 0 saturated carbocycles. The molecule has 2 aromatic carbocycles. The van der Waals surface area contributed by atoms with Crippen molar-refractivity contribution in [1.82, 2.24) is 9.97 Å². The summed E-state index contributed by atoms with van der Waals surface area (Å²) in [5, 5.41) is 0. The lowest BCUT2D eigenvalue weighted by atomic mass is 10.0. The molecule has 0 spiro atoms. The van der Waals surface area contributed by atoms with Crippen molar-refractivity contribution in [3.05, 3.63) is 71.5 Å². The van der Waals surface area contributed by atoms with Gasteiger partial charge in [-0.1, -0.05) is 48.5 Å². The van der Waals surface area contributed by atoms with Gasteiger partial charge in [-0.15, -0.1) is 0 Å². The fraction of sp³-hybridized carbons (Fsp3) is 0. The number of aromatic nitrogens is 2. The van der Waals surface area contributed by atoms with Crippen molar-refractivity contribution in [3.8, 4) is 22.5 Å². The Morgan fingerprint density at radius 1 is 0.684 bits per heavy atom. The minimum atomic E-state index is 0.729. The van der Waals surface area contributed by atoms with E-state index >= 15 is 0 Å². The van der Waals surface area contributed by atoms with Gasteiger partial charge in [0.2, 0.25) is 0 Å². The van der Waals surface area contributed by atoms with Crippen LogP contribution >= 0.6 is 15.9 Å². The second-order valence-corrected chi connectivity index (χ2v) is 4.90. The van der Waals surface area contributed by atoms with Gasteiger partial charge in [-0.05, 0) is 33.1 Å². The van der Waals surface area contributed by atoms with Crippen LogP contribution in [-0.2, 0) is 0 Å². The van der Waals surface area contributed by atoms with E-state index in [4.69, 9.17) is 0 Å². The Labute approximate surface area is 120 Å². The summed E-state index contributed by atoms with van der Waals surface area (Å²) in [5.41, 5.74) is 3.32. The Morgan fingerprint density at radius 2 is 1.37 bits per heavy atom. The summed E-state index contributed by atoms with van der Waals surface area (Å²) in [4.78, 5) is 8.61. The normalized spacial score (nSPS) is 10.4. The van der Waals surface area contributed by atoms with Crippen molar-refractivity contribution in [2.75, 3.05) is 0 Å². The number of rotatable bonds is 2. The zero-order valence-electron chi connectivity index (χ0n) is 10.1. The van der Waals surface area contributed by atoms with Gasteiger partial charge in [0.1, 0.15) is 0 Å². The minimum absolute atomic E-state index is 0.729. The van der Waals surface area contributed by atoms with Crippen LogP contribution in [0.15, 0.2) is 71.5 Å². The Bertz CT molecular complexity index is 624. The van der Waals surface area contributed by atoms with Gasteiger partial charge in [0.25, 0.3) is 0 Å². The Hall–Kier alpha value is -2.00. The van der Waals surface area contributed by atoms with Crippen molar-refractivity contribution in [2.24, 2.45) is 0 Å². The first kappa shape index (κ1) is 12.1. The summed E-state index contributed by atoms with van der Waals surface area (Å²) in [7, 11) is 0. The highest BCUT2D eigenvalue weighted by atomic mass is 79.9. The molecule has 3 rings (SSSR count). The average Bonchev–Trinajstić information content (AvgIpc) is 2.49. The van der Waals surface area contributed by atoms with E-state index in [1.54, 1.807) is 12.4 Å². The second kappa shape index (κ2) is 5.33. The van der Waals surface area contributed by atoms with Crippen molar-refractivity contribution < 1.29 is 0 Å². The second-order valence-electron chi connectivity index (χ2n) is 4.11. The predicted molar refractivity (Wildman–Crippen MR) is 80.6 cm³/mol. The number of hydrogen-bond donors (Lipinski definition) is 0. The van der Waals surface area contributed by atoms with Crippen LogP contribution in [0.25, 0.3) is 22.5 Å². The van der Waals surface area contributed by atoms with Crippen LogP contribution in [0.1, 0.15) is 0 Å². The SMILES string of the molecule is Brc1c(-c2ccccc2)cccc1-c1ncccn1. The van der Waals surface area contributed by atoms with Crippen LogP contribution in [0.5, 0.6) is 0 Å². The van der Waals surface area contributed by atoms with E-state index in [0.29, 0.717) is 0 Å². The van der Waals surface area contributed by atoms with Crippen molar-refractivity contribution in [3.63, 3.8) is 0 Å². The van der Waals surface area contributed by atoms with Gasteiger partial charge in [0.15, 0.2) is 5.82 Å². The van der Waals surface area contributed by atoms with E-state index in [1.165, 1.54) is 5.56 Å². The van der Waals surface area contributed by atoms with Gasteiger partial charge in [-0.2, -0.15) is 0 Å². The van der Waals surface area contributed by atoms with Gasteiger partial charge in [-0.3, -0.25) is 0 Å². The zero-order valence-corrected chi connectivity index (χ0v) is 11.7. The number of nitrogens with zero attached hydrogens (tertiary/aromatic N) is 2. The molecule has 0 unspecified atom stereocenters. The zero-order chi connectivity index (χ0) is 13.1. The highest BCUT2D eigenvalue weighted by molar-refractivity contribution is 9.10. The fourth-order valence-electron chi connectivity index (χ4n) is 1.98. The van der Waals surface area contributed by atoms with E-state index in [1.807, 2.05) is 36.4 Å². The average molecular weight is 311 g/mol. The van der Waals surface area contributed by atoms with Crippen LogP contribution in [0, 0.1) is 0 Å². The summed E-state index contributed by atoms with van der Waals surface area (Å²) in [6.07, 6.45) is 3.51. The molecule has 19 heavy (non-hydrogen) atoms. The van der Waals surface area contributed by atoms with Crippen molar-refractivity contribution in [2.45, 2.75) is 0 Å². The largest absolute Gasteiger partial charge is 0.237 e. The summed E-state index contributed by atoms with van der Waals surface area (Å²) < 4.78 is 1.02. The summed E-state index contributed by atoms with van der Waals surface area (Å²) in [6.45, 7) is 0. The molecule has 0 amide bonds. The van der Waals surface area contributed by atoms with Gasteiger partial charge in [0, 0.05) is 22.4 Å². The summed E-state index contributed by atoms with van der Waals surface area (Å²) >= 11 is 3.67. The molecular weight excluding hydrogens is 300 g/mol. The first-order chi connectivity index (χ1) is 9.36. The maximum Gasteiger partial charge on any atom is 0.160 e. The highest BCUT2D eigenvalue weighted by Crippen LogP contribution is 2.34. The molecule has 92 valence electrons. The lowest BCUT2D eigenvalue weighted by Crippen LogP contribution is -1.90. The number of benzene rings is 2. The summed E-state index contributed by atoms with van der Waals surface area (Å²) in [6, 6.07) is 18.2. The van der Waals surface area contributed by atoms with Crippen molar-refractivity contribution >= 4 is 15.9 Å². The quantitative estimate of drug-likeness (QED) is 0.692. The molecule has 2 nitrogen and oxygen atoms in total.